The topological polar surface area (TPSA) is 12.0 Å². The van der Waals surface area contributed by atoms with Crippen molar-refractivity contribution in [1.82, 2.24) is 5.32 Å². The van der Waals surface area contributed by atoms with E-state index in [9.17, 15) is 0 Å². The first kappa shape index (κ1) is 18.4. The first-order valence-electron chi connectivity index (χ1n) is 3.26. The van der Waals surface area contributed by atoms with E-state index < -0.39 is 0 Å². The Morgan fingerprint density at radius 1 is 1.08 bits per heavy atom. The first-order chi connectivity index (χ1) is 4.81. The van der Waals surface area contributed by atoms with Crippen molar-refractivity contribution in [2.75, 3.05) is 14.1 Å². The second-order valence-corrected chi connectivity index (χ2v) is 1.99. The Balaban J connectivity index is -0.000000146. The van der Waals surface area contributed by atoms with Gasteiger partial charge in [-0.15, -0.1) is 36.1 Å². The van der Waals surface area contributed by atoms with E-state index in [2.05, 4.69) is 12.2 Å². The molecule has 0 radical (unpaired) electrons. The van der Waals surface area contributed by atoms with E-state index in [1.807, 2.05) is 44.4 Å². The van der Waals surface area contributed by atoms with Crippen LogP contribution in [0, 0.1) is 6.92 Å². The van der Waals surface area contributed by atoms with Crippen LogP contribution in [0.5, 0.6) is 0 Å². The Morgan fingerprint density at radius 2 is 1.42 bits per heavy atom. The summed E-state index contributed by atoms with van der Waals surface area (Å²) in [7, 11) is 3.75. The molecule has 0 atom stereocenters. The van der Waals surface area contributed by atoms with Crippen molar-refractivity contribution in [3.05, 3.63) is 42.8 Å². The van der Waals surface area contributed by atoms with Gasteiger partial charge in [0.1, 0.15) is 0 Å². The van der Waals surface area contributed by atoms with Crippen LogP contribution >= 0.6 is 24.0 Å². The van der Waals surface area contributed by atoms with Crippen LogP contribution in [-0.4, -0.2) is 37.1 Å². The summed E-state index contributed by atoms with van der Waals surface area (Å²) in [5, 5.41) is 2.75. The molecule has 0 aliphatic heterocycles. The molecule has 1 rings (SSSR count). The van der Waals surface area contributed by atoms with Crippen LogP contribution in [0.25, 0.3) is 0 Å². The van der Waals surface area contributed by atoms with Crippen molar-refractivity contribution >= 4 is 47.0 Å². The number of nitrogens with one attached hydrogen (secondary N) is 1. The van der Waals surface area contributed by atoms with Gasteiger partial charge in [0, 0.05) is 0 Å². The molecule has 12 heavy (non-hydrogen) atoms. The maximum atomic E-state index is 3.72. The molecular weight excluding hydrogens is 273 g/mol. The number of hydrogen-bond acceptors (Lipinski definition) is 1. The summed E-state index contributed by atoms with van der Waals surface area (Å²) in [4.78, 5) is 0. The zero-order valence-corrected chi connectivity index (χ0v) is 11.5. The second kappa shape index (κ2) is 14.1. The van der Waals surface area contributed by atoms with Gasteiger partial charge in [-0.05, 0) is 14.1 Å². The number of rotatable bonds is 0. The van der Waals surface area contributed by atoms with E-state index in [0.29, 0.717) is 0 Å². The zero-order valence-electron chi connectivity index (χ0n) is 7.71. The average molecular weight is 288 g/mol. The van der Waals surface area contributed by atoms with Crippen LogP contribution in [0.3, 0.4) is 0 Å². The molecule has 0 saturated heterocycles. The number of benzene rings is 1. The van der Waals surface area contributed by atoms with Crippen molar-refractivity contribution in [2.45, 2.75) is 0 Å². The van der Waals surface area contributed by atoms with Gasteiger partial charge in [0.2, 0.25) is 0 Å². The normalized spacial score (nSPS) is 6.50. The van der Waals surface area contributed by atoms with Gasteiger partial charge in [0.15, 0.2) is 0 Å². The van der Waals surface area contributed by atoms with Gasteiger partial charge in [0.25, 0.3) is 0 Å². The fourth-order valence-corrected chi connectivity index (χ4v) is 0.478. The van der Waals surface area contributed by atoms with Crippen LogP contribution in [-0.2, 0) is 0 Å². The van der Waals surface area contributed by atoms with Crippen LogP contribution in [0.15, 0.2) is 30.3 Å². The summed E-state index contributed by atoms with van der Waals surface area (Å²) >= 11 is 0. The molecule has 1 aromatic carbocycles. The van der Waals surface area contributed by atoms with E-state index in [-0.39, 0.29) is 47.0 Å². The predicted molar refractivity (Wildman–Crippen MR) is 67.1 cm³/mol. The van der Waals surface area contributed by atoms with E-state index in [0.717, 1.165) is 5.56 Å². The fraction of sp³-hybridized carbons (Fsp3) is 0.222. The van der Waals surface area contributed by atoms with Crippen LogP contribution in [0.1, 0.15) is 5.56 Å². The summed E-state index contributed by atoms with van der Waals surface area (Å²) in [6.45, 7) is 3.72. The number of halogens is 1. The minimum atomic E-state index is 0. The molecule has 0 heterocycles. The molecule has 1 nitrogen and oxygen atoms in total. The molecule has 0 bridgehead atoms. The van der Waals surface area contributed by atoms with Gasteiger partial charge in [-0.25, -0.2) is 0 Å². The second-order valence-electron chi connectivity index (χ2n) is 1.99. The third-order valence-electron chi connectivity index (χ3n) is 0.843. The Morgan fingerprint density at radius 3 is 1.58 bits per heavy atom. The minimum absolute atomic E-state index is 0. The number of hydrogen-bond donors (Lipinski definition) is 1. The summed E-state index contributed by atoms with van der Waals surface area (Å²) in [6, 6.07) is 9.87. The van der Waals surface area contributed by atoms with Gasteiger partial charge in [0.05, 0.1) is 0 Å². The Labute approximate surface area is 108 Å². The van der Waals surface area contributed by atoms with Gasteiger partial charge in [-0.3, -0.25) is 0 Å². The molecular formula is C9H15IMgN+. The van der Waals surface area contributed by atoms with Crippen LogP contribution in [0.4, 0.5) is 0 Å². The minimum Gasteiger partial charge on any atom is -0.323 e. The van der Waals surface area contributed by atoms with Gasteiger partial charge in [-0.1, -0.05) is 6.07 Å². The smallest absolute Gasteiger partial charge is 0.323 e. The molecule has 3 heteroatoms. The maximum Gasteiger partial charge on any atom is 2.00 e. The van der Waals surface area contributed by atoms with Crippen molar-refractivity contribution in [3.63, 3.8) is 0 Å². The van der Waals surface area contributed by atoms with Crippen LogP contribution < -0.4 is 5.32 Å². The average Bonchev–Trinajstić information content (AvgIpc) is 1.91. The maximum absolute atomic E-state index is 3.72. The molecule has 0 amide bonds. The molecule has 0 fully saturated rings. The molecule has 64 valence electrons. The van der Waals surface area contributed by atoms with Gasteiger partial charge in [-0.2, -0.15) is 24.6 Å². The molecule has 0 unspecified atom stereocenters. The molecule has 0 aromatic heterocycles. The SMILES string of the molecule is CNC.I.[CH2-]c1ccccc1.[Mg+2]. The fourth-order valence-electron chi connectivity index (χ4n) is 0.478. The first-order valence-corrected chi connectivity index (χ1v) is 3.26. The molecule has 0 aliphatic carbocycles. The molecule has 0 spiro atoms. The van der Waals surface area contributed by atoms with E-state index >= 15 is 0 Å². The van der Waals surface area contributed by atoms with E-state index in [4.69, 9.17) is 0 Å². The standard InChI is InChI=1S/C7H7.C2H7N.HI.Mg/c1-7-5-3-2-4-6-7;1-3-2;;/h2-6H,1H2;3H,1-2H3;1H;/q-1;;;+2. The van der Waals surface area contributed by atoms with Crippen molar-refractivity contribution < 1.29 is 0 Å². The summed E-state index contributed by atoms with van der Waals surface area (Å²) in [5.41, 5.74) is 1.07. The van der Waals surface area contributed by atoms with E-state index in [1.165, 1.54) is 0 Å². The molecule has 1 N–H and O–H groups in total. The third kappa shape index (κ3) is 13.2. The Hall–Kier alpha value is 0.546. The van der Waals surface area contributed by atoms with Crippen molar-refractivity contribution in [2.24, 2.45) is 0 Å². The monoisotopic (exact) mass is 288 g/mol. The van der Waals surface area contributed by atoms with Crippen LogP contribution in [0.2, 0.25) is 0 Å². The summed E-state index contributed by atoms with van der Waals surface area (Å²) in [5.74, 6) is 0. The third-order valence-corrected chi connectivity index (χ3v) is 0.843. The molecule has 0 aliphatic rings. The predicted octanol–water partition coefficient (Wildman–Crippen LogP) is 1.94. The Kier molecular flexibility index (Phi) is 21.6. The summed E-state index contributed by atoms with van der Waals surface area (Å²) < 4.78 is 0. The van der Waals surface area contributed by atoms with Crippen molar-refractivity contribution in [3.8, 4) is 0 Å². The zero-order chi connectivity index (χ0) is 7.82. The van der Waals surface area contributed by atoms with Crippen molar-refractivity contribution in [1.29, 1.82) is 0 Å². The quantitative estimate of drug-likeness (QED) is 0.437. The Bertz CT molecular complexity index is 156. The van der Waals surface area contributed by atoms with Gasteiger partial charge < -0.3 is 5.32 Å². The summed E-state index contributed by atoms with van der Waals surface area (Å²) in [6.07, 6.45) is 0. The molecule has 1 aromatic rings. The molecule has 0 saturated carbocycles. The largest absolute Gasteiger partial charge is 2.00 e. The van der Waals surface area contributed by atoms with Gasteiger partial charge >= 0.3 is 23.1 Å². The van der Waals surface area contributed by atoms with E-state index in [1.54, 1.807) is 0 Å².